The number of carbonyl (C=O) groups excluding carboxylic acids is 1. The fraction of sp³-hybridized carbons (Fsp3) is 0.263. The van der Waals surface area contributed by atoms with Crippen LogP contribution >= 0.6 is 0 Å². The Morgan fingerprint density at radius 2 is 1.87 bits per heavy atom. The molecule has 0 unspecified atom stereocenters. The molecular weight excluding hydrogens is 292 g/mol. The Morgan fingerprint density at radius 1 is 1.13 bits per heavy atom. The number of carbonyl (C=O) groups is 1. The number of ketones is 1. The highest BCUT2D eigenvalue weighted by Gasteiger charge is 2.01. The second-order valence-electron chi connectivity index (χ2n) is 5.67. The minimum Gasteiger partial charge on any atom is -0.493 e. The van der Waals surface area contributed by atoms with Crippen LogP contribution in [0.2, 0.25) is 0 Å². The van der Waals surface area contributed by atoms with Crippen LogP contribution in [-0.2, 0) is 4.79 Å². The zero-order chi connectivity index (χ0) is 16.8. The summed E-state index contributed by atoms with van der Waals surface area (Å²) in [5.41, 5.74) is 2.06. The third-order valence-corrected chi connectivity index (χ3v) is 3.18. The Labute approximate surface area is 135 Å². The normalized spacial score (nSPS) is 11.3. The van der Waals surface area contributed by atoms with E-state index in [1.807, 2.05) is 32.9 Å². The van der Waals surface area contributed by atoms with Crippen molar-refractivity contribution in [2.75, 3.05) is 6.61 Å². The van der Waals surface area contributed by atoms with Crippen molar-refractivity contribution in [2.45, 2.75) is 27.2 Å². The fourth-order valence-electron chi connectivity index (χ4n) is 2.10. The molecule has 23 heavy (non-hydrogen) atoms. The number of benzene rings is 1. The molecule has 0 spiro atoms. The quantitative estimate of drug-likeness (QED) is 0.596. The molecule has 0 saturated heterocycles. The maximum atomic E-state index is 11.6. The van der Waals surface area contributed by atoms with Gasteiger partial charge in [0.1, 0.15) is 11.3 Å². The molecule has 0 atom stereocenters. The molecule has 1 aromatic heterocycles. The van der Waals surface area contributed by atoms with Gasteiger partial charge in [-0.15, -0.1) is 0 Å². The summed E-state index contributed by atoms with van der Waals surface area (Å²) in [5.74, 6) is 0.630. The highest BCUT2D eigenvalue weighted by molar-refractivity contribution is 6.00. The van der Waals surface area contributed by atoms with Gasteiger partial charge in [-0.2, -0.15) is 0 Å². The van der Waals surface area contributed by atoms with Gasteiger partial charge in [0.2, 0.25) is 0 Å². The number of allylic oxidation sites excluding steroid dienone is 3. The van der Waals surface area contributed by atoms with Crippen LogP contribution in [-0.4, -0.2) is 12.4 Å². The molecule has 0 aliphatic carbocycles. The molecule has 0 aliphatic heterocycles. The topological polar surface area (TPSA) is 56.5 Å². The second kappa shape index (κ2) is 7.58. The van der Waals surface area contributed by atoms with Crippen LogP contribution in [0.3, 0.4) is 0 Å². The van der Waals surface area contributed by atoms with Crippen molar-refractivity contribution in [3.05, 3.63) is 64.1 Å². The molecular formula is C19H20O4. The summed E-state index contributed by atoms with van der Waals surface area (Å²) in [4.78, 5) is 22.9. The van der Waals surface area contributed by atoms with Gasteiger partial charge in [-0.05, 0) is 51.1 Å². The Hall–Kier alpha value is -2.62. The monoisotopic (exact) mass is 312 g/mol. The summed E-state index contributed by atoms with van der Waals surface area (Å²) >= 11 is 0. The number of rotatable bonds is 6. The number of fused-ring (bicyclic) bond motifs is 1. The van der Waals surface area contributed by atoms with Crippen LogP contribution in [0, 0.1) is 0 Å². The molecule has 2 aromatic rings. The standard InChI is InChI=1S/C19H20O4/c1-13(2)10-16(20)11-14(3)8-9-22-17-6-4-15-5-7-19(21)23-18(15)12-17/h4-7,10-12H,8-9H2,1-3H3/b14-11+. The highest BCUT2D eigenvalue weighted by Crippen LogP contribution is 2.19. The van der Waals surface area contributed by atoms with E-state index in [4.69, 9.17) is 9.15 Å². The van der Waals surface area contributed by atoms with E-state index in [9.17, 15) is 9.59 Å². The predicted octanol–water partition coefficient (Wildman–Crippen LogP) is 4.04. The van der Waals surface area contributed by atoms with Crippen molar-refractivity contribution in [2.24, 2.45) is 0 Å². The van der Waals surface area contributed by atoms with Crippen LogP contribution in [0.4, 0.5) is 0 Å². The molecule has 2 rings (SSSR count). The van der Waals surface area contributed by atoms with Crippen molar-refractivity contribution in [1.29, 1.82) is 0 Å². The maximum Gasteiger partial charge on any atom is 0.336 e. The Bertz CT molecular complexity index is 821. The van der Waals surface area contributed by atoms with Crippen molar-refractivity contribution >= 4 is 16.8 Å². The molecule has 0 fully saturated rings. The summed E-state index contributed by atoms with van der Waals surface area (Å²) < 4.78 is 10.8. The summed E-state index contributed by atoms with van der Waals surface area (Å²) in [5, 5.41) is 0.848. The predicted molar refractivity (Wildman–Crippen MR) is 90.8 cm³/mol. The van der Waals surface area contributed by atoms with E-state index in [-0.39, 0.29) is 11.4 Å². The van der Waals surface area contributed by atoms with Crippen LogP contribution in [0.15, 0.2) is 62.8 Å². The number of hydrogen-bond acceptors (Lipinski definition) is 4. The van der Waals surface area contributed by atoms with Gasteiger partial charge in [0.25, 0.3) is 0 Å². The summed E-state index contributed by atoms with van der Waals surface area (Å²) in [6.07, 6.45) is 3.88. The summed E-state index contributed by atoms with van der Waals surface area (Å²) in [7, 11) is 0. The zero-order valence-electron chi connectivity index (χ0n) is 13.6. The third-order valence-electron chi connectivity index (χ3n) is 3.18. The molecule has 0 bridgehead atoms. The first kappa shape index (κ1) is 16.7. The van der Waals surface area contributed by atoms with Crippen molar-refractivity contribution in [3.8, 4) is 5.75 Å². The molecule has 0 radical (unpaired) electrons. The van der Waals surface area contributed by atoms with Gasteiger partial charge in [-0.1, -0.05) is 11.1 Å². The first-order valence-electron chi connectivity index (χ1n) is 7.47. The van der Waals surface area contributed by atoms with Gasteiger partial charge in [-0.25, -0.2) is 4.79 Å². The Kier molecular flexibility index (Phi) is 5.52. The first-order valence-corrected chi connectivity index (χ1v) is 7.47. The molecule has 4 nitrogen and oxygen atoms in total. The van der Waals surface area contributed by atoms with Gasteiger partial charge < -0.3 is 9.15 Å². The van der Waals surface area contributed by atoms with E-state index in [1.165, 1.54) is 6.07 Å². The van der Waals surface area contributed by atoms with Crippen molar-refractivity contribution < 1.29 is 13.9 Å². The number of hydrogen-bond donors (Lipinski definition) is 0. The average Bonchev–Trinajstić information content (AvgIpc) is 2.45. The third kappa shape index (κ3) is 5.25. The summed E-state index contributed by atoms with van der Waals surface area (Å²) in [6, 6.07) is 8.47. The van der Waals surface area contributed by atoms with E-state index in [1.54, 1.807) is 24.3 Å². The lowest BCUT2D eigenvalue weighted by molar-refractivity contribution is -0.110. The largest absolute Gasteiger partial charge is 0.493 e. The second-order valence-corrected chi connectivity index (χ2v) is 5.67. The zero-order valence-corrected chi connectivity index (χ0v) is 13.6. The van der Waals surface area contributed by atoms with E-state index in [0.717, 1.165) is 16.5 Å². The minimum atomic E-state index is -0.383. The fourth-order valence-corrected chi connectivity index (χ4v) is 2.10. The molecule has 120 valence electrons. The molecule has 0 N–H and O–H groups in total. The van der Waals surface area contributed by atoms with Gasteiger partial charge in [0.05, 0.1) is 6.61 Å². The van der Waals surface area contributed by atoms with E-state index < -0.39 is 0 Å². The van der Waals surface area contributed by atoms with E-state index >= 15 is 0 Å². The van der Waals surface area contributed by atoms with Gasteiger partial charge >= 0.3 is 5.63 Å². The lowest BCUT2D eigenvalue weighted by atomic mass is 10.1. The Morgan fingerprint density at radius 3 is 2.61 bits per heavy atom. The van der Waals surface area contributed by atoms with Crippen molar-refractivity contribution in [3.63, 3.8) is 0 Å². The van der Waals surface area contributed by atoms with Crippen molar-refractivity contribution in [1.82, 2.24) is 0 Å². The molecule has 0 amide bonds. The number of ether oxygens (including phenoxy) is 1. The molecule has 4 heteroatoms. The van der Waals surface area contributed by atoms with Crippen LogP contribution in [0.1, 0.15) is 27.2 Å². The lowest BCUT2D eigenvalue weighted by Gasteiger charge is -2.07. The first-order chi connectivity index (χ1) is 10.9. The van der Waals surface area contributed by atoms with E-state index in [2.05, 4.69) is 0 Å². The maximum absolute atomic E-state index is 11.6. The van der Waals surface area contributed by atoms with Crippen LogP contribution in [0.5, 0.6) is 5.75 Å². The Balaban J connectivity index is 1.96. The van der Waals surface area contributed by atoms with Crippen LogP contribution < -0.4 is 10.4 Å². The van der Waals surface area contributed by atoms with Gasteiger partial charge in [0.15, 0.2) is 5.78 Å². The SMILES string of the molecule is CC(C)=CC(=O)/C=C(\C)CCOc1ccc2ccc(=O)oc2c1. The summed E-state index contributed by atoms with van der Waals surface area (Å²) in [6.45, 7) is 6.14. The molecule has 0 saturated carbocycles. The minimum absolute atomic E-state index is 0.00465. The van der Waals surface area contributed by atoms with Gasteiger partial charge in [0, 0.05) is 23.9 Å². The molecule has 1 heterocycles. The van der Waals surface area contributed by atoms with Crippen LogP contribution in [0.25, 0.3) is 11.0 Å². The van der Waals surface area contributed by atoms with E-state index in [0.29, 0.717) is 24.4 Å². The average molecular weight is 312 g/mol. The molecule has 0 aliphatic rings. The smallest absolute Gasteiger partial charge is 0.336 e. The molecule has 1 aromatic carbocycles. The van der Waals surface area contributed by atoms with Gasteiger partial charge in [-0.3, -0.25) is 4.79 Å². The highest BCUT2D eigenvalue weighted by atomic mass is 16.5. The lowest BCUT2D eigenvalue weighted by Crippen LogP contribution is -2.00.